The van der Waals surface area contributed by atoms with Gasteiger partial charge in [-0.25, -0.2) is 0 Å². The topological polar surface area (TPSA) is 50.2 Å². The number of carboxylic acids is 1. The molecule has 21 heavy (non-hydrogen) atoms. The van der Waals surface area contributed by atoms with Gasteiger partial charge in [0, 0.05) is 17.5 Å². The smallest absolute Gasteiger partial charge is 0.303 e. The lowest BCUT2D eigenvalue weighted by atomic mass is 9.87. The molecule has 1 N–H and O–H groups in total. The van der Waals surface area contributed by atoms with Crippen LogP contribution in [0.15, 0.2) is 12.1 Å². The van der Waals surface area contributed by atoms with Gasteiger partial charge in [-0.3, -0.25) is 9.78 Å². The van der Waals surface area contributed by atoms with Crippen molar-refractivity contribution in [2.24, 2.45) is 0 Å². The van der Waals surface area contributed by atoms with Gasteiger partial charge in [0.15, 0.2) is 0 Å². The Labute approximate surface area is 125 Å². The van der Waals surface area contributed by atoms with Crippen molar-refractivity contribution < 1.29 is 9.90 Å². The van der Waals surface area contributed by atoms with Gasteiger partial charge in [-0.2, -0.15) is 0 Å². The molecule has 0 saturated carbocycles. The maximum absolute atomic E-state index is 11.0. The molecule has 0 fully saturated rings. The molecule has 0 amide bonds. The zero-order valence-corrected chi connectivity index (χ0v) is 12.7. The summed E-state index contributed by atoms with van der Waals surface area (Å²) in [7, 11) is 0. The Balaban J connectivity index is 2.24. The Bertz CT molecular complexity index is 719. The molecule has 3 nitrogen and oxygen atoms in total. The SMILES string of the molecule is Cc1ccc2c(CCC(=O)O)c3c(nc2c1C)CCCC3. The number of benzene rings is 1. The summed E-state index contributed by atoms with van der Waals surface area (Å²) in [5, 5.41) is 10.2. The third-order valence-corrected chi connectivity index (χ3v) is 4.67. The van der Waals surface area contributed by atoms with E-state index in [0.717, 1.165) is 23.7 Å². The van der Waals surface area contributed by atoms with E-state index >= 15 is 0 Å². The van der Waals surface area contributed by atoms with Crippen LogP contribution in [-0.2, 0) is 24.1 Å². The monoisotopic (exact) mass is 283 g/mol. The van der Waals surface area contributed by atoms with Crippen molar-refractivity contribution in [3.8, 4) is 0 Å². The molecular weight excluding hydrogens is 262 g/mol. The molecule has 1 aliphatic rings. The van der Waals surface area contributed by atoms with E-state index in [0.29, 0.717) is 6.42 Å². The zero-order valence-electron chi connectivity index (χ0n) is 12.7. The van der Waals surface area contributed by atoms with Crippen molar-refractivity contribution in [3.05, 3.63) is 40.1 Å². The molecule has 1 heterocycles. The second kappa shape index (κ2) is 5.47. The summed E-state index contributed by atoms with van der Waals surface area (Å²) in [5.41, 5.74) is 7.27. The highest BCUT2D eigenvalue weighted by Crippen LogP contribution is 2.32. The van der Waals surface area contributed by atoms with Crippen LogP contribution in [0.25, 0.3) is 10.9 Å². The Kier molecular flexibility index (Phi) is 3.66. The van der Waals surface area contributed by atoms with E-state index in [4.69, 9.17) is 10.1 Å². The van der Waals surface area contributed by atoms with Crippen molar-refractivity contribution in [1.29, 1.82) is 0 Å². The molecule has 1 aromatic carbocycles. The number of rotatable bonds is 3. The van der Waals surface area contributed by atoms with Gasteiger partial charge in [0.1, 0.15) is 0 Å². The van der Waals surface area contributed by atoms with E-state index in [1.165, 1.54) is 40.8 Å². The number of carboxylic acid groups (broad SMARTS) is 1. The molecule has 2 aromatic rings. The Morgan fingerprint density at radius 3 is 2.76 bits per heavy atom. The largest absolute Gasteiger partial charge is 0.481 e. The predicted molar refractivity (Wildman–Crippen MR) is 83.8 cm³/mol. The first-order chi connectivity index (χ1) is 10.1. The lowest BCUT2D eigenvalue weighted by Gasteiger charge is -2.21. The van der Waals surface area contributed by atoms with Crippen molar-refractivity contribution in [1.82, 2.24) is 4.98 Å². The third kappa shape index (κ3) is 2.53. The van der Waals surface area contributed by atoms with Gasteiger partial charge < -0.3 is 5.11 Å². The first kappa shape index (κ1) is 14.1. The lowest BCUT2D eigenvalue weighted by Crippen LogP contribution is -2.11. The van der Waals surface area contributed by atoms with Crippen LogP contribution < -0.4 is 0 Å². The van der Waals surface area contributed by atoms with Gasteiger partial charge in [0.05, 0.1) is 5.52 Å². The first-order valence-electron chi connectivity index (χ1n) is 7.70. The second-order valence-corrected chi connectivity index (χ2v) is 6.02. The molecule has 1 aromatic heterocycles. The highest BCUT2D eigenvalue weighted by atomic mass is 16.4. The minimum Gasteiger partial charge on any atom is -0.481 e. The number of aryl methyl sites for hydroxylation is 4. The summed E-state index contributed by atoms with van der Waals surface area (Å²) >= 11 is 0. The number of pyridine rings is 1. The Morgan fingerprint density at radius 1 is 1.24 bits per heavy atom. The molecule has 0 atom stereocenters. The highest BCUT2D eigenvalue weighted by molar-refractivity contribution is 5.87. The van der Waals surface area contributed by atoms with Gasteiger partial charge in [0.2, 0.25) is 0 Å². The van der Waals surface area contributed by atoms with Gasteiger partial charge in [-0.05, 0) is 68.2 Å². The molecular formula is C18H21NO2. The van der Waals surface area contributed by atoms with Crippen molar-refractivity contribution >= 4 is 16.9 Å². The molecule has 0 bridgehead atoms. The van der Waals surface area contributed by atoms with E-state index < -0.39 is 5.97 Å². The van der Waals surface area contributed by atoms with Crippen LogP contribution in [0.4, 0.5) is 0 Å². The minimum absolute atomic E-state index is 0.193. The molecule has 3 heteroatoms. The van der Waals surface area contributed by atoms with Crippen molar-refractivity contribution in [2.45, 2.75) is 52.4 Å². The summed E-state index contributed by atoms with van der Waals surface area (Å²) in [6, 6.07) is 4.25. The fourth-order valence-electron chi connectivity index (χ4n) is 3.34. The van der Waals surface area contributed by atoms with Crippen molar-refractivity contribution in [2.75, 3.05) is 0 Å². The fourth-order valence-corrected chi connectivity index (χ4v) is 3.34. The Morgan fingerprint density at radius 2 is 2.00 bits per heavy atom. The summed E-state index contributed by atoms with van der Waals surface area (Å²) in [6.07, 6.45) is 5.25. The molecule has 0 unspecified atom stereocenters. The average Bonchev–Trinajstić information content (AvgIpc) is 2.48. The number of hydrogen-bond donors (Lipinski definition) is 1. The summed E-state index contributed by atoms with van der Waals surface area (Å²) < 4.78 is 0. The van der Waals surface area contributed by atoms with Crippen LogP contribution in [0.1, 0.15) is 47.2 Å². The molecule has 0 aliphatic heterocycles. The number of aliphatic carboxylic acids is 1. The summed E-state index contributed by atoms with van der Waals surface area (Å²) in [6.45, 7) is 4.22. The lowest BCUT2D eigenvalue weighted by molar-refractivity contribution is -0.136. The van der Waals surface area contributed by atoms with Gasteiger partial charge in [0.25, 0.3) is 0 Å². The Hall–Kier alpha value is -1.90. The van der Waals surface area contributed by atoms with Crippen LogP contribution in [0, 0.1) is 13.8 Å². The number of carbonyl (C=O) groups is 1. The summed E-state index contributed by atoms with van der Waals surface area (Å²) in [5.74, 6) is -0.728. The zero-order chi connectivity index (χ0) is 15.0. The standard InChI is InChI=1S/C18H21NO2/c1-11-7-8-15-13(9-10-17(20)21)14-5-3-4-6-16(14)19-18(15)12(11)2/h7-8H,3-6,9-10H2,1-2H3,(H,20,21). The minimum atomic E-state index is -0.728. The number of fused-ring (bicyclic) bond motifs is 2. The van der Waals surface area contributed by atoms with Crippen LogP contribution in [-0.4, -0.2) is 16.1 Å². The van der Waals surface area contributed by atoms with E-state index in [1.54, 1.807) is 0 Å². The van der Waals surface area contributed by atoms with Crippen LogP contribution in [0.2, 0.25) is 0 Å². The fraction of sp³-hybridized carbons (Fsp3) is 0.444. The third-order valence-electron chi connectivity index (χ3n) is 4.67. The van der Waals surface area contributed by atoms with E-state index in [2.05, 4.69) is 26.0 Å². The van der Waals surface area contributed by atoms with Gasteiger partial charge in [-0.1, -0.05) is 12.1 Å². The molecule has 0 saturated heterocycles. The van der Waals surface area contributed by atoms with Crippen LogP contribution in [0.3, 0.4) is 0 Å². The number of aromatic nitrogens is 1. The van der Waals surface area contributed by atoms with Gasteiger partial charge >= 0.3 is 5.97 Å². The van der Waals surface area contributed by atoms with E-state index in [9.17, 15) is 4.79 Å². The highest BCUT2D eigenvalue weighted by Gasteiger charge is 2.19. The predicted octanol–water partition coefficient (Wildman–Crippen LogP) is 3.75. The maximum Gasteiger partial charge on any atom is 0.303 e. The van der Waals surface area contributed by atoms with E-state index in [1.807, 2.05) is 0 Å². The molecule has 0 spiro atoms. The maximum atomic E-state index is 11.0. The average molecular weight is 283 g/mol. The normalized spacial score (nSPS) is 14.2. The quantitative estimate of drug-likeness (QED) is 0.933. The molecule has 3 rings (SSSR count). The molecule has 0 radical (unpaired) electrons. The first-order valence-corrected chi connectivity index (χ1v) is 7.70. The second-order valence-electron chi connectivity index (χ2n) is 6.02. The van der Waals surface area contributed by atoms with E-state index in [-0.39, 0.29) is 6.42 Å². The number of nitrogens with zero attached hydrogens (tertiary/aromatic N) is 1. The molecule has 1 aliphatic carbocycles. The molecule has 110 valence electrons. The van der Waals surface area contributed by atoms with Crippen molar-refractivity contribution in [3.63, 3.8) is 0 Å². The summed E-state index contributed by atoms with van der Waals surface area (Å²) in [4.78, 5) is 15.9. The number of hydrogen-bond acceptors (Lipinski definition) is 2. The van der Waals surface area contributed by atoms with Gasteiger partial charge in [-0.15, -0.1) is 0 Å². The van der Waals surface area contributed by atoms with Crippen LogP contribution in [0.5, 0.6) is 0 Å². The van der Waals surface area contributed by atoms with Crippen LogP contribution >= 0.6 is 0 Å².